The number of anilines is 1. The van der Waals surface area contributed by atoms with Crippen LogP contribution in [0.4, 0.5) is 5.69 Å². The van der Waals surface area contributed by atoms with Gasteiger partial charge < -0.3 is 19.1 Å². The lowest BCUT2D eigenvalue weighted by molar-refractivity contribution is -0.0773. The molecule has 5 aliphatic rings. The average Bonchev–Trinajstić information content (AvgIpc) is 3.48. The van der Waals surface area contributed by atoms with Crippen LogP contribution < -0.4 is 14.4 Å². The summed E-state index contributed by atoms with van der Waals surface area (Å²) in [5, 5.41) is 0. The van der Waals surface area contributed by atoms with Gasteiger partial charge in [0, 0.05) is 30.0 Å². The number of rotatable bonds is 3. The Morgan fingerprint density at radius 3 is 2.80 bits per heavy atom. The lowest BCUT2D eigenvalue weighted by Crippen LogP contribution is -2.55. The second kappa shape index (κ2) is 12.5. The largest absolute Gasteiger partial charge is 0.490 e. The Morgan fingerprint density at radius 1 is 1.05 bits per heavy atom. The molecule has 1 amide bonds. The zero-order valence-electron chi connectivity index (χ0n) is 25.4. The van der Waals surface area contributed by atoms with Crippen molar-refractivity contribution in [1.82, 2.24) is 4.72 Å². The molecule has 1 spiro atoms. The van der Waals surface area contributed by atoms with Crippen molar-refractivity contribution in [2.24, 2.45) is 11.8 Å². The van der Waals surface area contributed by atoms with Gasteiger partial charge in [0.15, 0.2) is 0 Å². The van der Waals surface area contributed by atoms with Crippen molar-refractivity contribution in [2.45, 2.75) is 82.0 Å². The van der Waals surface area contributed by atoms with Crippen molar-refractivity contribution < 1.29 is 27.4 Å². The Bertz CT molecular complexity index is 1500. The molecule has 4 unspecified atom stereocenters. The molecule has 1 saturated heterocycles. The number of fused-ring (bicyclic) bond motifs is 4. The van der Waals surface area contributed by atoms with Gasteiger partial charge in [0.2, 0.25) is 10.0 Å². The maximum Gasteiger partial charge on any atom is 0.264 e. The van der Waals surface area contributed by atoms with E-state index in [9.17, 15) is 13.2 Å². The molecule has 2 fully saturated rings. The Morgan fingerprint density at radius 2 is 1.95 bits per heavy atom. The quantitative estimate of drug-likeness (QED) is 0.453. The lowest BCUT2D eigenvalue weighted by atomic mass is 9.68. The Labute approximate surface area is 261 Å². The number of sulfonamides is 1. The van der Waals surface area contributed by atoms with Crippen LogP contribution in [0.1, 0.15) is 79.3 Å². The number of benzene rings is 2. The van der Waals surface area contributed by atoms with Crippen LogP contribution in [0.5, 0.6) is 5.75 Å². The van der Waals surface area contributed by atoms with Crippen LogP contribution in [-0.2, 0) is 31.3 Å². The third-order valence-electron chi connectivity index (χ3n) is 10.5. The number of hydrogen-bond acceptors (Lipinski definition) is 7. The van der Waals surface area contributed by atoms with Crippen LogP contribution in [0.3, 0.4) is 0 Å². The number of ether oxygens (including phenoxy) is 3. The van der Waals surface area contributed by atoms with Gasteiger partial charge in [0.05, 0.1) is 30.8 Å². The minimum atomic E-state index is -3.76. The van der Waals surface area contributed by atoms with E-state index >= 15 is 0 Å². The molecule has 2 bridgehead atoms. The highest BCUT2D eigenvalue weighted by atomic mass is 32.2. The van der Waals surface area contributed by atoms with E-state index in [1.54, 1.807) is 6.07 Å². The standard InChI is InChI=1S/C35H44N2O6S/c38-33-27-15-17-32-31(21-27)37(23-35(24-43-32)18-7-11-26-10-4-5-13-30(26)35)34(42-22-28-12-8-19-41-28)29-16-14-25(29)9-3-1-2-6-20-44(39,40)36-33/h1,3-5,10,13,15,17,21,25,28-29,34H,2,6-9,11-12,14,16,18-20,22-24H2,(H,36,38)/t25?,28-,29?,34?,35?/m0/s1. The van der Waals surface area contributed by atoms with Crippen molar-refractivity contribution in [3.63, 3.8) is 0 Å². The molecule has 236 valence electrons. The van der Waals surface area contributed by atoms with E-state index in [1.807, 2.05) is 12.1 Å². The smallest absolute Gasteiger partial charge is 0.264 e. The molecule has 9 heteroatoms. The molecule has 1 saturated carbocycles. The van der Waals surface area contributed by atoms with Crippen LogP contribution >= 0.6 is 0 Å². The summed E-state index contributed by atoms with van der Waals surface area (Å²) in [5.74, 6) is 0.776. The first-order chi connectivity index (χ1) is 21.4. The third-order valence-corrected chi connectivity index (χ3v) is 11.8. The molecule has 0 radical (unpaired) electrons. The summed E-state index contributed by atoms with van der Waals surface area (Å²) in [5.41, 5.74) is 3.56. The van der Waals surface area contributed by atoms with Gasteiger partial charge in [-0.25, -0.2) is 13.1 Å². The minimum absolute atomic E-state index is 0.0863. The van der Waals surface area contributed by atoms with E-state index < -0.39 is 15.9 Å². The topological polar surface area (TPSA) is 94.2 Å². The first kappa shape index (κ1) is 29.8. The highest BCUT2D eigenvalue weighted by Crippen LogP contribution is 2.49. The monoisotopic (exact) mass is 620 g/mol. The Hall–Kier alpha value is -2.88. The van der Waals surface area contributed by atoms with E-state index in [2.05, 4.69) is 46.0 Å². The number of nitrogens with one attached hydrogen (secondary N) is 1. The Balaban J connectivity index is 1.33. The molecule has 3 aliphatic heterocycles. The number of nitrogens with zero attached hydrogens (tertiary/aromatic N) is 1. The van der Waals surface area contributed by atoms with Crippen LogP contribution in [0.2, 0.25) is 0 Å². The molecular formula is C35H44N2O6S. The van der Waals surface area contributed by atoms with E-state index in [-0.39, 0.29) is 23.5 Å². The lowest BCUT2D eigenvalue weighted by Gasteiger charge is -2.49. The maximum absolute atomic E-state index is 13.4. The van der Waals surface area contributed by atoms with Crippen LogP contribution in [-0.4, -0.2) is 58.8 Å². The molecule has 0 aromatic heterocycles. The Kier molecular flexibility index (Phi) is 8.46. The molecule has 1 N–H and O–H groups in total. The predicted molar refractivity (Wildman–Crippen MR) is 170 cm³/mol. The van der Waals surface area contributed by atoms with Gasteiger partial charge in [-0.1, -0.05) is 36.4 Å². The minimum Gasteiger partial charge on any atom is -0.490 e. The summed E-state index contributed by atoms with van der Waals surface area (Å²) >= 11 is 0. The van der Waals surface area contributed by atoms with Crippen LogP contribution in [0, 0.1) is 11.8 Å². The summed E-state index contributed by atoms with van der Waals surface area (Å²) in [4.78, 5) is 15.7. The van der Waals surface area contributed by atoms with Gasteiger partial charge in [-0.2, -0.15) is 0 Å². The van der Waals surface area contributed by atoms with E-state index in [0.29, 0.717) is 55.7 Å². The first-order valence-electron chi connectivity index (χ1n) is 16.5. The van der Waals surface area contributed by atoms with Crippen molar-refractivity contribution in [2.75, 3.05) is 37.0 Å². The highest BCUT2D eigenvalue weighted by molar-refractivity contribution is 7.90. The van der Waals surface area contributed by atoms with Gasteiger partial charge >= 0.3 is 0 Å². The number of allylic oxidation sites excluding steroid dienone is 2. The summed E-state index contributed by atoms with van der Waals surface area (Å²) in [6, 6.07) is 14.1. The second-order valence-corrected chi connectivity index (χ2v) is 15.2. The van der Waals surface area contributed by atoms with Gasteiger partial charge in [0.25, 0.3) is 5.91 Å². The number of carbonyl (C=O) groups excluding carboxylic acids is 1. The van der Waals surface area contributed by atoms with Crippen molar-refractivity contribution in [3.8, 4) is 5.75 Å². The van der Waals surface area contributed by atoms with Gasteiger partial charge in [0.1, 0.15) is 12.0 Å². The first-order valence-corrected chi connectivity index (χ1v) is 18.1. The molecule has 2 aromatic rings. The van der Waals surface area contributed by atoms with Gasteiger partial charge in [-0.15, -0.1) is 0 Å². The zero-order chi connectivity index (χ0) is 30.1. The summed E-state index contributed by atoms with van der Waals surface area (Å²) < 4.78 is 47.5. The fourth-order valence-electron chi connectivity index (χ4n) is 7.95. The predicted octanol–water partition coefficient (Wildman–Crippen LogP) is 5.51. The molecule has 7 rings (SSSR count). The highest BCUT2D eigenvalue weighted by Gasteiger charge is 2.47. The number of hydrogen-bond donors (Lipinski definition) is 1. The molecule has 8 nitrogen and oxygen atoms in total. The average molecular weight is 621 g/mol. The van der Waals surface area contributed by atoms with Crippen molar-refractivity contribution in [3.05, 3.63) is 71.3 Å². The second-order valence-electron chi connectivity index (χ2n) is 13.3. The molecule has 44 heavy (non-hydrogen) atoms. The number of carbonyl (C=O) groups is 1. The number of aryl methyl sites for hydroxylation is 1. The summed E-state index contributed by atoms with van der Waals surface area (Å²) in [6.45, 7) is 2.52. The molecule has 5 atom stereocenters. The van der Waals surface area contributed by atoms with E-state index in [0.717, 1.165) is 63.7 Å². The molecule has 3 heterocycles. The normalized spacial score (nSPS) is 31.6. The molecule has 2 aromatic carbocycles. The van der Waals surface area contributed by atoms with Crippen molar-refractivity contribution in [1.29, 1.82) is 0 Å². The molecular weight excluding hydrogens is 576 g/mol. The third kappa shape index (κ3) is 6.03. The van der Waals surface area contributed by atoms with E-state index in [4.69, 9.17) is 14.2 Å². The van der Waals surface area contributed by atoms with Crippen molar-refractivity contribution >= 4 is 21.6 Å². The SMILES string of the molecule is O=C1NS(=O)(=O)CCCC=CCC2CCC2C(OC[C@@H]2CCCO2)N2CC3(CCCc4ccccc43)COc3ccc1cc32. The summed E-state index contributed by atoms with van der Waals surface area (Å²) in [6.07, 6.45) is 13.6. The fraction of sp³-hybridized carbons (Fsp3) is 0.571. The summed E-state index contributed by atoms with van der Waals surface area (Å²) in [7, 11) is -3.76. The van der Waals surface area contributed by atoms with Crippen LogP contribution in [0.15, 0.2) is 54.6 Å². The van der Waals surface area contributed by atoms with Crippen LogP contribution in [0.25, 0.3) is 0 Å². The zero-order valence-corrected chi connectivity index (χ0v) is 26.2. The maximum atomic E-state index is 13.4. The van der Waals surface area contributed by atoms with Gasteiger partial charge in [-0.3, -0.25) is 4.79 Å². The number of amides is 1. The van der Waals surface area contributed by atoms with Gasteiger partial charge in [-0.05, 0) is 99.5 Å². The molecule has 2 aliphatic carbocycles. The fourth-order valence-corrected chi connectivity index (χ4v) is 9.00. The van der Waals surface area contributed by atoms with E-state index in [1.165, 1.54) is 11.1 Å².